The molecule has 1 aromatic carbocycles. The second kappa shape index (κ2) is 5.43. The largest absolute Gasteiger partial charge is 0.339 e. The number of rotatable bonds is 3. The van der Waals surface area contributed by atoms with Gasteiger partial charge in [0, 0.05) is 17.6 Å². The van der Waals surface area contributed by atoms with Crippen molar-refractivity contribution in [3.8, 4) is 0 Å². The van der Waals surface area contributed by atoms with Gasteiger partial charge in [-0.1, -0.05) is 15.9 Å². The monoisotopic (exact) mass is 287 g/mol. The Labute approximate surface area is 104 Å². The lowest BCUT2D eigenvalue weighted by Gasteiger charge is -2.20. The fourth-order valence-corrected chi connectivity index (χ4v) is 2.19. The Hall–Kier alpha value is -0.900. The van der Waals surface area contributed by atoms with E-state index in [1.807, 2.05) is 13.8 Å². The molecule has 0 spiro atoms. The van der Waals surface area contributed by atoms with E-state index in [0.717, 1.165) is 0 Å². The maximum Gasteiger partial charge on any atom is 0.257 e. The predicted octanol–water partition coefficient (Wildman–Crippen LogP) is 3.38. The van der Waals surface area contributed by atoms with Crippen LogP contribution in [0.25, 0.3) is 0 Å². The van der Waals surface area contributed by atoms with Gasteiger partial charge in [0.1, 0.15) is 5.82 Å². The van der Waals surface area contributed by atoms with E-state index in [2.05, 4.69) is 15.9 Å². The number of carbonyl (C=O) groups excluding carboxylic acids is 1. The van der Waals surface area contributed by atoms with Gasteiger partial charge in [0.15, 0.2) is 0 Å². The van der Waals surface area contributed by atoms with Crippen LogP contribution in [0.2, 0.25) is 0 Å². The van der Waals surface area contributed by atoms with Gasteiger partial charge < -0.3 is 4.90 Å². The maximum absolute atomic E-state index is 13.7. The van der Waals surface area contributed by atoms with Gasteiger partial charge in [-0.15, -0.1) is 0 Å². The lowest BCUT2D eigenvalue weighted by molar-refractivity contribution is 0.0767. The van der Waals surface area contributed by atoms with Crippen LogP contribution in [0, 0.1) is 12.7 Å². The van der Waals surface area contributed by atoms with E-state index < -0.39 is 5.82 Å². The summed E-state index contributed by atoms with van der Waals surface area (Å²) in [6, 6.07) is 3.07. The molecule has 0 aromatic heterocycles. The van der Waals surface area contributed by atoms with E-state index in [0.29, 0.717) is 23.1 Å². The first kappa shape index (κ1) is 13.2. The van der Waals surface area contributed by atoms with Crippen LogP contribution in [0.4, 0.5) is 4.39 Å². The summed E-state index contributed by atoms with van der Waals surface area (Å²) in [5, 5.41) is 0. The zero-order chi connectivity index (χ0) is 12.3. The van der Waals surface area contributed by atoms with Crippen molar-refractivity contribution in [2.75, 3.05) is 13.1 Å². The van der Waals surface area contributed by atoms with Gasteiger partial charge in [0.2, 0.25) is 0 Å². The van der Waals surface area contributed by atoms with E-state index in [-0.39, 0.29) is 11.5 Å². The fraction of sp³-hybridized carbons (Fsp3) is 0.417. The van der Waals surface area contributed by atoms with E-state index in [4.69, 9.17) is 0 Å². The normalized spacial score (nSPS) is 10.3. The fourth-order valence-electron chi connectivity index (χ4n) is 1.64. The summed E-state index contributed by atoms with van der Waals surface area (Å²) in [7, 11) is 0. The van der Waals surface area contributed by atoms with Gasteiger partial charge in [-0.3, -0.25) is 4.79 Å². The summed E-state index contributed by atoms with van der Waals surface area (Å²) in [6.07, 6.45) is 0. The molecule has 0 N–H and O–H groups in total. The molecule has 0 atom stereocenters. The molecule has 1 rings (SSSR count). The summed E-state index contributed by atoms with van der Waals surface area (Å²) in [5.74, 6) is -0.712. The van der Waals surface area contributed by atoms with Crippen LogP contribution < -0.4 is 0 Å². The molecular weight excluding hydrogens is 273 g/mol. The van der Waals surface area contributed by atoms with Gasteiger partial charge >= 0.3 is 0 Å². The summed E-state index contributed by atoms with van der Waals surface area (Å²) in [4.78, 5) is 13.6. The maximum atomic E-state index is 13.7. The molecule has 0 bridgehead atoms. The summed E-state index contributed by atoms with van der Waals surface area (Å²) >= 11 is 3.20. The molecule has 0 fully saturated rings. The van der Waals surface area contributed by atoms with Crippen molar-refractivity contribution in [2.45, 2.75) is 20.8 Å². The Bertz CT molecular complexity index is 379. The molecule has 4 heteroatoms. The minimum absolute atomic E-state index is 0.173. The molecular formula is C12H15BrFNO. The highest BCUT2D eigenvalue weighted by Gasteiger charge is 2.19. The number of aryl methyl sites for hydroxylation is 1. The van der Waals surface area contributed by atoms with Crippen LogP contribution in [0.3, 0.4) is 0 Å². The predicted molar refractivity (Wildman–Crippen MR) is 66.1 cm³/mol. The average molecular weight is 288 g/mol. The third kappa shape index (κ3) is 2.61. The molecule has 0 radical (unpaired) electrons. The Balaban J connectivity index is 3.18. The number of nitrogens with zero attached hydrogens (tertiary/aromatic N) is 1. The van der Waals surface area contributed by atoms with E-state index in [1.165, 1.54) is 6.07 Å². The molecule has 0 aliphatic heterocycles. The Morgan fingerprint density at radius 1 is 1.38 bits per heavy atom. The molecule has 0 saturated carbocycles. The minimum atomic E-state index is -0.469. The quantitative estimate of drug-likeness (QED) is 0.835. The average Bonchev–Trinajstić information content (AvgIpc) is 2.17. The SMILES string of the molecule is CCN(CC)C(=O)c1c(C)cc(Br)cc1F. The highest BCUT2D eigenvalue weighted by Crippen LogP contribution is 2.21. The Morgan fingerprint density at radius 3 is 2.38 bits per heavy atom. The Morgan fingerprint density at radius 2 is 1.94 bits per heavy atom. The van der Waals surface area contributed by atoms with E-state index in [1.54, 1.807) is 17.9 Å². The van der Waals surface area contributed by atoms with Crippen LogP contribution in [-0.4, -0.2) is 23.9 Å². The molecule has 0 saturated heterocycles. The van der Waals surface area contributed by atoms with Crippen LogP contribution in [0.5, 0.6) is 0 Å². The van der Waals surface area contributed by atoms with Gasteiger partial charge in [0.25, 0.3) is 5.91 Å². The van der Waals surface area contributed by atoms with Crippen molar-refractivity contribution < 1.29 is 9.18 Å². The third-order valence-corrected chi connectivity index (χ3v) is 2.97. The smallest absolute Gasteiger partial charge is 0.257 e. The third-order valence-electron chi connectivity index (χ3n) is 2.52. The van der Waals surface area contributed by atoms with Gasteiger partial charge in [-0.05, 0) is 38.5 Å². The van der Waals surface area contributed by atoms with Crippen LogP contribution in [0.1, 0.15) is 29.8 Å². The molecule has 0 aliphatic carbocycles. The number of benzene rings is 1. The first-order valence-electron chi connectivity index (χ1n) is 5.26. The minimum Gasteiger partial charge on any atom is -0.339 e. The zero-order valence-electron chi connectivity index (χ0n) is 9.68. The summed E-state index contributed by atoms with van der Waals surface area (Å²) in [5.41, 5.74) is 0.829. The molecule has 2 nitrogen and oxygen atoms in total. The zero-order valence-corrected chi connectivity index (χ0v) is 11.3. The highest BCUT2D eigenvalue weighted by atomic mass is 79.9. The van der Waals surface area contributed by atoms with E-state index >= 15 is 0 Å². The molecule has 0 heterocycles. The number of halogens is 2. The molecule has 1 aromatic rings. The number of hydrogen-bond donors (Lipinski definition) is 0. The number of carbonyl (C=O) groups is 1. The van der Waals surface area contributed by atoms with Crippen molar-refractivity contribution in [3.05, 3.63) is 33.5 Å². The van der Waals surface area contributed by atoms with Crippen molar-refractivity contribution in [1.82, 2.24) is 4.90 Å². The van der Waals surface area contributed by atoms with Gasteiger partial charge in [0.05, 0.1) is 5.56 Å². The lowest BCUT2D eigenvalue weighted by Crippen LogP contribution is -2.31. The lowest BCUT2D eigenvalue weighted by atomic mass is 10.1. The molecule has 16 heavy (non-hydrogen) atoms. The number of amides is 1. The molecule has 0 unspecified atom stereocenters. The summed E-state index contributed by atoms with van der Waals surface area (Å²) < 4.78 is 14.4. The van der Waals surface area contributed by atoms with Crippen LogP contribution in [-0.2, 0) is 0 Å². The highest BCUT2D eigenvalue weighted by molar-refractivity contribution is 9.10. The first-order chi connectivity index (χ1) is 7.51. The van der Waals surface area contributed by atoms with Crippen LogP contribution >= 0.6 is 15.9 Å². The second-order valence-corrected chi connectivity index (χ2v) is 4.47. The van der Waals surface area contributed by atoms with Gasteiger partial charge in [-0.25, -0.2) is 4.39 Å². The van der Waals surface area contributed by atoms with Crippen molar-refractivity contribution in [1.29, 1.82) is 0 Å². The summed E-state index contributed by atoms with van der Waals surface area (Å²) in [6.45, 7) is 6.68. The number of hydrogen-bond acceptors (Lipinski definition) is 1. The van der Waals surface area contributed by atoms with E-state index in [9.17, 15) is 9.18 Å². The van der Waals surface area contributed by atoms with Crippen molar-refractivity contribution in [3.63, 3.8) is 0 Å². The molecule has 1 amide bonds. The standard InChI is InChI=1S/C12H15BrFNO/c1-4-15(5-2)12(16)11-8(3)6-9(13)7-10(11)14/h6-7H,4-5H2,1-3H3. The van der Waals surface area contributed by atoms with Crippen molar-refractivity contribution in [2.24, 2.45) is 0 Å². The second-order valence-electron chi connectivity index (χ2n) is 3.56. The van der Waals surface area contributed by atoms with Gasteiger partial charge in [-0.2, -0.15) is 0 Å². The topological polar surface area (TPSA) is 20.3 Å². The van der Waals surface area contributed by atoms with Crippen molar-refractivity contribution >= 4 is 21.8 Å². The molecule has 88 valence electrons. The van der Waals surface area contributed by atoms with Crippen LogP contribution in [0.15, 0.2) is 16.6 Å². The first-order valence-corrected chi connectivity index (χ1v) is 6.05. The Kier molecular flexibility index (Phi) is 4.47. The molecule has 0 aliphatic rings.